The zero-order valence-electron chi connectivity index (χ0n) is 15.3. The Morgan fingerprint density at radius 2 is 1.85 bits per heavy atom. The Labute approximate surface area is 157 Å². The standard InChI is InChI=1S/C20H23N3O4/c1-12(16-10-13-7-8-14(16)9-13)23-19(26)18(25)22(20(23)27)11-17(24)21-15-5-3-2-4-6-15/h2-6,12-14,16H,7-11H2,1H3,(H,21,24)/t12-,13-,14-,16-/m0/s1. The summed E-state index contributed by atoms with van der Waals surface area (Å²) in [6, 6.07) is 7.78. The number of nitrogens with one attached hydrogen (secondary N) is 1. The first-order chi connectivity index (χ1) is 13.0. The van der Waals surface area contributed by atoms with Gasteiger partial charge in [0.25, 0.3) is 0 Å². The number of para-hydroxylation sites is 1. The van der Waals surface area contributed by atoms with Crippen LogP contribution in [0, 0.1) is 17.8 Å². The van der Waals surface area contributed by atoms with Crippen molar-refractivity contribution in [1.29, 1.82) is 0 Å². The Hall–Kier alpha value is -2.70. The van der Waals surface area contributed by atoms with Crippen LogP contribution in [0.1, 0.15) is 32.6 Å². The third-order valence-electron chi connectivity index (χ3n) is 6.26. The van der Waals surface area contributed by atoms with Crippen LogP contribution in [0.4, 0.5) is 10.5 Å². The minimum absolute atomic E-state index is 0.252. The molecule has 0 radical (unpaired) electrons. The molecule has 1 N–H and O–H groups in total. The normalized spacial score (nSPS) is 28.2. The van der Waals surface area contributed by atoms with Crippen LogP contribution < -0.4 is 5.32 Å². The third kappa shape index (κ3) is 3.11. The Kier molecular flexibility index (Phi) is 4.45. The monoisotopic (exact) mass is 369 g/mol. The Bertz CT molecular complexity index is 794. The van der Waals surface area contributed by atoms with Crippen LogP contribution in [0.25, 0.3) is 0 Å². The van der Waals surface area contributed by atoms with Crippen molar-refractivity contribution in [3.05, 3.63) is 30.3 Å². The number of anilines is 1. The molecule has 1 aromatic rings. The second-order valence-electron chi connectivity index (χ2n) is 7.84. The summed E-state index contributed by atoms with van der Waals surface area (Å²) in [6.45, 7) is 1.39. The van der Waals surface area contributed by atoms with Crippen LogP contribution in [0.5, 0.6) is 0 Å². The molecule has 4 atom stereocenters. The SMILES string of the molecule is C[C@@H]([C@@H]1C[C@H]2CC[C@H]1C2)N1C(=O)C(=O)N(CC(=O)Nc2ccccc2)C1=O. The number of urea groups is 1. The lowest BCUT2D eigenvalue weighted by molar-refractivity contribution is -0.144. The van der Waals surface area contributed by atoms with Gasteiger partial charge < -0.3 is 5.32 Å². The maximum atomic E-state index is 12.7. The van der Waals surface area contributed by atoms with Gasteiger partial charge in [0.15, 0.2) is 0 Å². The molecule has 2 bridgehead atoms. The largest absolute Gasteiger partial charge is 0.334 e. The summed E-state index contributed by atoms with van der Waals surface area (Å²) < 4.78 is 0. The molecule has 2 aliphatic carbocycles. The number of hydrogen-bond acceptors (Lipinski definition) is 4. The van der Waals surface area contributed by atoms with Gasteiger partial charge in [0.2, 0.25) is 5.91 Å². The fraction of sp³-hybridized carbons (Fsp3) is 0.500. The summed E-state index contributed by atoms with van der Waals surface area (Å²) in [6.07, 6.45) is 4.52. The van der Waals surface area contributed by atoms with E-state index in [9.17, 15) is 19.2 Å². The van der Waals surface area contributed by atoms with Crippen molar-refractivity contribution >= 4 is 29.4 Å². The Morgan fingerprint density at radius 1 is 1.11 bits per heavy atom. The third-order valence-corrected chi connectivity index (χ3v) is 6.26. The van der Waals surface area contributed by atoms with Crippen molar-refractivity contribution in [1.82, 2.24) is 9.80 Å². The number of rotatable bonds is 5. The molecule has 0 spiro atoms. The number of imide groups is 2. The summed E-state index contributed by atoms with van der Waals surface area (Å²) in [5.41, 5.74) is 0.570. The highest BCUT2D eigenvalue weighted by Gasteiger charge is 2.52. The first kappa shape index (κ1) is 17.7. The fourth-order valence-corrected chi connectivity index (χ4v) is 4.96. The van der Waals surface area contributed by atoms with Gasteiger partial charge in [0, 0.05) is 11.7 Å². The van der Waals surface area contributed by atoms with E-state index in [-0.39, 0.29) is 12.0 Å². The topological polar surface area (TPSA) is 86.8 Å². The highest BCUT2D eigenvalue weighted by atomic mass is 16.2. The highest BCUT2D eigenvalue weighted by molar-refractivity contribution is 6.45. The van der Waals surface area contributed by atoms with E-state index in [4.69, 9.17) is 0 Å². The van der Waals surface area contributed by atoms with E-state index >= 15 is 0 Å². The van der Waals surface area contributed by atoms with Gasteiger partial charge in [0.05, 0.1) is 0 Å². The molecule has 0 aromatic heterocycles. The van der Waals surface area contributed by atoms with Crippen molar-refractivity contribution < 1.29 is 19.2 Å². The minimum atomic E-state index is -0.918. The summed E-state index contributed by atoms with van der Waals surface area (Å²) in [5.74, 6) is -0.788. The number of fused-ring (bicyclic) bond motifs is 2. The summed E-state index contributed by atoms with van der Waals surface area (Å²) >= 11 is 0. The van der Waals surface area contributed by atoms with Crippen LogP contribution in [-0.4, -0.2) is 46.1 Å². The number of carbonyl (C=O) groups is 4. The molecule has 142 valence electrons. The molecule has 7 heteroatoms. The molecule has 3 fully saturated rings. The van der Waals surface area contributed by atoms with E-state index in [0.717, 1.165) is 29.1 Å². The maximum absolute atomic E-state index is 12.7. The van der Waals surface area contributed by atoms with E-state index in [1.54, 1.807) is 24.3 Å². The predicted molar refractivity (Wildman–Crippen MR) is 97.4 cm³/mol. The highest BCUT2D eigenvalue weighted by Crippen LogP contribution is 2.50. The van der Waals surface area contributed by atoms with Crippen LogP contribution in [-0.2, 0) is 14.4 Å². The molecular weight excluding hydrogens is 346 g/mol. The number of nitrogens with zero attached hydrogens (tertiary/aromatic N) is 2. The fourth-order valence-electron chi connectivity index (χ4n) is 4.96. The first-order valence-corrected chi connectivity index (χ1v) is 9.49. The number of benzene rings is 1. The van der Waals surface area contributed by atoms with Gasteiger partial charge in [-0.15, -0.1) is 0 Å². The molecule has 27 heavy (non-hydrogen) atoms. The van der Waals surface area contributed by atoms with E-state index in [0.29, 0.717) is 17.5 Å². The molecule has 5 amide bonds. The van der Waals surface area contributed by atoms with Crippen LogP contribution >= 0.6 is 0 Å². The Balaban J connectivity index is 1.44. The van der Waals surface area contributed by atoms with E-state index in [2.05, 4.69) is 5.32 Å². The van der Waals surface area contributed by atoms with E-state index in [1.807, 2.05) is 13.0 Å². The minimum Gasteiger partial charge on any atom is -0.325 e. The van der Waals surface area contributed by atoms with Gasteiger partial charge in [-0.25, -0.2) is 9.69 Å². The van der Waals surface area contributed by atoms with Crippen LogP contribution in [0.3, 0.4) is 0 Å². The first-order valence-electron chi connectivity index (χ1n) is 9.49. The quantitative estimate of drug-likeness (QED) is 0.637. The van der Waals surface area contributed by atoms with Crippen molar-refractivity contribution in [2.24, 2.45) is 17.8 Å². The van der Waals surface area contributed by atoms with Crippen LogP contribution in [0.15, 0.2) is 30.3 Å². The zero-order valence-corrected chi connectivity index (χ0v) is 15.3. The molecule has 1 aliphatic heterocycles. The van der Waals surface area contributed by atoms with Gasteiger partial charge in [-0.3, -0.25) is 19.3 Å². The van der Waals surface area contributed by atoms with E-state index in [1.165, 1.54) is 6.42 Å². The summed E-state index contributed by atoms with van der Waals surface area (Å²) in [4.78, 5) is 51.6. The molecule has 7 nitrogen and oxygen atoms in total. The summed E-state index contributed by atoms with van der Waals surface area (Å²) in [7, 11) is 0. The molecule has 3 aliphatic rings. The molecule has 2 saturated carbocycles. The molecule has 1 heterocycles. The van der Waals surface area contributed by atoms with Crippen LogP contribution in [0.2, 0.25) is 0 Å². The second-order valence-corrected chi connectivity index (χ2v) is 7.84. The number of carbonyl (C=O) groups excluding carboxylic acids is 4. The lowest BCUT2D eigenvalue weighted by atomic mass is 9.83. The smallest absolute Gasteiger partial charge is 0.325 e. The molecule has 0 unspecified atom stereocenters. The lowest BCUT2D eigenvalue weighted by Gasteiger charge is -2.32. The molecule has 1 aromatic carbocycles. The van der Waals surface area contributed by atoms with Gasteiger partial charge in [-0.1, -0.05) is 24.6 Å². The van der Waals surface area contributed by atoms with Crippen molar-refractivity contribution in [3.8, 4) is 0 Å². The maximum Gasteiger partial charge on any atom is 0.334 e. The van der Waals surface area contributed by atoms with E-state index < -0.39 is 30.3 Å². The number of amides is 5. The summed E-state index contributed by atoms with van der Waals surface area (Å²) in [5, 5.41) is 2.63. The van der Waals surface area contributed by atoms with Gasteiger partial charge >= 0.3 is 17.8 Å². The molecule has 1 saturated heterocycles. The van der Waals surface area contributed by atoms with Crippen molar-refractivity contribution in [2.45, 2.75) is 38.6 Å². The van der Waals surface area contributed by atoms with Crippen molar-refractivity contribution in [2.75, 3.05) is 11.9 Å². The molecular formula is C20H23N3O4. The lowest BCUT2D eigenvalue weighted by Crippen LogP contribution is -2.45. The van der Waals surface area contributed by atoms with Gasteiger partial charge in [-0.2, -0.15) is 0 Å². The second kappa shape index (κ2) is 6.79. The number of hydrogen-bond donors (Lipinski definition) is 1. The average Bonchev–Trinajstić information content (AvgIpc) is 3.34. The van der Waals surface area contributed by atoms with Gasteiger partial charge in [-0.05, 0) is 56.1 Å². The van der Waals surface area contributed by atoms with Crippen molar-refractivity contribution in [3.63, 3.8) is 0 Å². The molecule has 4 rings (SSSR count). The average molecular weight is 369 g/mol. The predicted octanol–water partition coefficient (Wildman–Crippen LogP) is 2.24. The Morgan fingerprint density at radius 3 is 2.48 bits per heavy atom. The zero-order chi connectivity index (χ0) is 19.1. The van der Waals surface area contributed by atoms with Gasteiger partial charge in [0.1, 0.15) is 6.54 Å².